The minimum atomic E-state index is -1.62. The van der Waals surface area contributed by atoms with Crippen LogP contribution in [0.25, 0.3) is 5.57 Å². The Morgan fingerprint density at radius 1 is 1.15 bits per heavy atom. The SMILES string of the molecule is CCN=CC(=CN)c1cc2c(cc1F)C(c1c(F)cc(C)cc1F)N(CC(C)(C)F)C(C)C2. The van der Waals surface area contributed by atoms with Gasteiger partial charge in [-0.1, -0.05) is 0 Å². The highest BCUT2D eigenvalue weighted by Gasteiger charge is 2.39. The molecule has 7 heteroatoms. The van der Waals surface area contributed by atoms with Crippen molar-refractivity contribution in [2.45, 2.75) is 58.8 Å². The van der Waals surface area contributed by atoms with Crippen molar-refractivity contribution in [2.75, 3.05) is 13.1 Å². The van der Waals surface area contributed by atoms with E-state index in [1.54, 1.807) is 17.9 Å². The summed E-state index contributed by atoms with van der Waals surface area (Å²) >= 11 is 0. The van der Waals surface area contributed by atoms with Crippen LogP contribution in [0.2, 0.25) is 0 Å². The maximum Gasteiger partial charge on any atom is 0.131 e. The summed E-state index contributed by atoms with van der Waals surface area (Å²) in [5, 5.41) is 0. The summed E-state index contributed by atoms with van der Waals surface area (Å²) in [6, 6.07) is 4.23. The van der Waals surface area contributed by atoms with E-state index >= 15 is 13.2 Å². The molecule has 2 aromatic carbocycles. The fourth-order valence-corrected chi connectivity index (χ4v) is 4.52. The van der Waals surface area contributed by atoms with Gasteiger partial charge in [-0.25, -0.2) is 17.6 Å². The van der Waals surface area contributed by atoms with Crippen LogP contribution in [0.4, 0.5) is 17.6 Å². The average molecular weight is 462 g/mol. The minimum absolute atomic E-state index is 0.0640. The van der Waals surface area contributed by atoms with Crippen molar-refractivity contribution in [2.24, 2.45) is 10.7 Å². The number of rotatable bonds is 6. The number of fused-ring (bicyclic) bond motifs is 1. The summed E-state index contributed by atoms with van der Waals surface area (Å²) in [7, 11) is 0. The van der Waals surface area contributed by atoms with Gasteiger partial charge >= 0.3 is 0 Å². The van der Waals surface area contributed by atoms with E-state index in [4.69, 9.17) is 5.73 Å². The molecule has 0 fully saturated rings. The van der Waals surface area contributed by atoms with Crippen LogP contribution >= 0.6 is 0 Å². The van der Waals surface area contributed by atoms with Crippen LogP contribution in [-0.4, -0.2) is 35.9 Å². The Morgan fingerprint density at radius 3 is 2.33 bits per heavy atom. The Hall–Kier alpha value is -2.67. The lowest BCUT2D eigenvalue weighted by Crippen LogP contribution is -2.48. The number of hydrogen-bond donors (Lipinski definition) is 1. The lowest BCUT2D eigenvalue weighted by atomic mass is 9.82. The minimum Gasteiger partial charge on any atom is -0.404 e. The molecular formula is C26H31F4N3. The van der Waals surface area contributed by atoms with Gasteiger partial charge in [0.15, 0.2) is 0 Å². The molecule has 0 saturated heterocycles. The van der Waals surface area contributed by atoms with E-state index in [-0.39, 0.29) is 23.7 Å². The van der Waals surface area contributed by atoms with Gasteiger partial charge < -0.3 is 5.73 Å². The first kappa shape index (κ1) is 25.0. The van der Waals surface area contributed by atoms with Crippen molar-refractivity contribution in [3.63, 3.8) is 0 Å². The third kappa shape index (κ3) is 5.29. The second-order valence-corrected chi connectivity index (χ2v) is 9.27. The fourth-order valence-electron chi connectivity index (χ4n) is 4.52. The highest BCUT2D eigenvalue weighted by molar-refractivity contribution is 6.09. The zero-order valence-electron chi connectivity index (χ0n) is 19.7. The average Bonchev–Trinajstić information content (AvgIpc) is 2.70. The highest BCUT2D eigenvalue weighted by Crippen LogP contribution is 2.42. The van der Waals surface area contributed by atoms with Gasteiger partial charge in [0, 0.05) is 48.2 Å². The van der Waals surface area contributed by atoms with E-state index in [2.05, 4.69) is 4.99 Å². The molecule has 1 heterocycles. The first-order chi connectivity index (χ1) is 15.5. The van der Waals surface area contributed by atoms with E-state index in [1.165, 1.54) is 44.5 Å². The molecule has 1 aliphatic heterocycles. The molecule has 0 spiro atoms. The van der Waals surface area contributed by atoms with Crippen LogP contribution in [0.3, 0.4) is 0 Å². The fraction of sp³-hybridized carbons (Fsp3) is 0.423. The van der Waals surface area contributed by atoms with Crippen molar-refractivity contribution < 1.29 is 17.6 Å². The monoisotopic (exact) mass is 461 g/mol. The standard InChI is InChI=1S/C26H31F4N3/c1-6-32-13-18(12-31)19-10-17-9-16(3)33(14-26(4,5)30)25(20(17)11-21(19)27)24-22(28)7-15(2)8-23(24)29/h7-8,10-13,16,25H,6,9,14,31H2,1-5H3. The molecule has 2 N–H and O–H groups in total. The van der Waals surface area contributed by atoms with Crippen molar-refractivity contribution in [3.05, 3.63) is 75.7 Å². The number of nitrogens with zero attached hydrogens (tertiary/aromatic N) is 2. The van der Waals surface area contributed by atoms with Crippen LogP contribution in [0.1, 0.15) is 61.6 Å². The molecule has 3 nitrogen and oxygen atoms in total. The zero-order chi connectivity index (χ0) is 24.5. The summed E-state index contributed by atoms with van der Waals surface area (Å²) in [6.45, 7) is 8.62. The number of benzene rings is 2. The summed E-state index contributed by atoms with van der Waals surface area (Å²) in [6.07, 6.45) is 3.25. The van der Waals surface area contributed by atoms with Crippen LogP contribution in [0.5, 0.6) is 0 Å². The number of halogens is 4. The lowest BCUT2D eigenvalue weighted by molar-refractivity contribution is 0.0651. The number of alkyl halides is 1. The third-order valence-corrected chi connectivity index (χ3v) is 5.90. The summed E-state index contributed by atoms with van der Waals surface area (Å²) in [5.41, 5.74) is 6.17. The highest BCUT2D eigenvalue weighted by atomic mass is 19.1. The van der Waals surface area contributed by atoms with Gasteiger partial charge in [-0.05, 0) is 82.0 Å². The number of nitrogens with two attached hydrogens (primary N) is 1. The molecule has 0 radical (unpaired) electrons. The Morgan fingerprint density at radius 2 is 1.79 bits per heavy atom. The van der Waals surface area contributed by atoms with E-state index in [0.717, 1.165) is 5.56 Å². The van der Waals surface area contributed by atoms with E-state index in [0.29, 0.717) is 29.7 Å². The number of allylic oxidation sites excluding steroid dienone is 1. The quantitative estimate of drug-likeness (QED) is 0.431. The maximum absolute atomic E-state index is 15.3. The van der Waals surface area contributed by atoms with Gasteiger partial charge in [-0.2, -0.15) is 0 Å². The molecule has 2 aromatic rings. The van der Waals surface area contributed by atoms with Crippen LogP contribution in [0, 0.1) is 24.4 Å². The normalized spacial score (nSPS) is 19.8. The van der Waals surface area contributed by atoms with Crippen molar-refractivity contribution in [1.29, 1.82) is 0 Å². The molecular weight excluding hydrogens is 430 g/mol. The van der Waals surface area contributed by atoms with Crippen LogP contribution in [0.15, 0.2) is 35.5 Å². The molecule has 0 saturated carbocycles. The molecule has 0 amide bonds. The lowest BCUT2D eigenvalue weighted by Gasteiger charge is -2.44. The van der Waals surface area contributed by atoms with Gasteiger partial charge in [0.05, 0.1) is 6.04 Å². The zero-order valence-corrected chi connectivity index (χ0v) is 19.7. The molecule has 3 rings (SSSR count). The van der Waals surface area contributed by atoms with Crippen molar-refractivity contribution in [1.82, 2.24) is 4.90 Å². The molecule has 0 aliphatic carbocycles. The second-order valence-electron chi connectivity index (χ2n) is 9.27. The molecule has 2 unspecified atom stereocenters. The smallest absolute Gasteiger partial charge is 0.131 e. The Kier molecular flexibility index (Phi) is 7.32. The Bertz CT molecular complexity index is 1060. The number of hydrogen-bond acceptors (Lipinski definition) is 3. The molecule has 0 aromatic heterocycles. The van der Waals surface area contributed by atoms with E-state index < -0.39 is 29.2 Å². The predicted molar refractivity (Wildman–Crippen MR) is 126 cm³/mol. The molecule has 2 atom stereocenters. The van der Waals surface area contributed by atoms with Gasteiger partial charge in [-0.3, -0.25) is 9.89 Å². The van der Waals surface area contributed by atoms with Gasteiger partial charge in [0.2, 0.25) is 0 Å². The van der Waals surface area contributed by atoms with E-state index in [1.807, 2.05) is 13.8 Å². The van der Waals surface area contributed by atoms with Crippen LogP contribution < -0.4 is 5.73 Å². The number of aliphatic imine (C=N–C) groups is 1. The molecule has 33 heavy (non-hydrogen) atoms. The Balaban J connectivity index is 2.25. The molecule has 0 bridgehead atoms. The van der Waals surface area contributed by atoms with E-state index in [9.17, 15) is 4.39 Å². The van der Waals surface area contributed by atoms with Crippen molar-refractivity contribution >= 4 is 11.8 Å². The molecule has 1 aliphatic rings. The third-order valence-electron chi connectivity index (χ3n) is 5.90. The predicted octanol–water partition coefficient (Wildman–Crippen LogP) is 5.89. The first-order valence-electron chi connectivity index (χ1n) is 11.1. The summed E-state index contributed by atoms with van der Waals surface area (Å²) in [4.78, 5) is 5.86. The summed E-state index contributed by atoms with van der Waals surface area (Å²) in [5.74, 6) is -2.05. The number of aryl methyl sites for hydroxylation is 1. The van der Waals surface area contributed by atoms with Crippen molar-refractivity contribution in [3.8, 4) is 0 Å². The first-order valence-corrected chi connectivity index (χ1v) is 11.1. The van der Waals surface area contributed by atoms with Crippen LogP contribution in [-0.2, 0) is 6.42 Å². The maximum atomic E-state index is 15.3. The van der Waals surface area contributed by atoms with Gasteiger partial charge in [0.1, 0.15) is 23.1 Å². The second kappa shape index (κ2) is 9.67. The largest absolute Gasteiger partial charge is 0.404 e. The summed E-state index contributed by atoms with van der Waals surface area (Å²) < 4.78 is 60.3. The molecule has 178 valence electrons. The topological polar surface area (TPSA) is 41.6 Å². The Labute approximate surface area is 193 Å². The van der Waals surface area contributed by atoms with Gasteiger partial charge in [0.25, 0.3) is 0 Å². The van der Waals surface area contributed by atoms with Gasteiger partial charge in [-0.15, -0.1) is 0 Å².